The molecule has 1 heterocycles. The third-order valence-corrected chi connectivity index (χ3v) is 3.59. The monoisotopic (exact) mass is 227 g/mol. The fourth-order valence-corrected chi connectivity index (χ4v) is 2.50. The predicted molar refractivity (Wildman–Crippen MR) is 66.4 cm³/mol. The minimum Gasteiger partial charge on any atom is -0.393 e. The molecular formula is C12H21NOS. The molecule has 1 aromatic heterocycles. The van der Waals surface area contributed by atoms with Crippen LogP contribution in [0, 0.1) is 13.8 Å². The second-order valence-electron chi connectivity index (χ2n) is 3.97. The van der Waals surface area contributed by atoms with Crippen molar-refractivity contribution in [2.75, 3.05) is 6.54 Å². The van der Waals surface area contributed by atoms with Gasteiger partial charge in [-0.1, -0.05) is 6.92 Å². The average molecular weight is 227 g/mol. The van der Waals surface area contributed by atoms with Gasteiger partial charge in [0.25, 0.3) is 0 Å². The Kier molecular flexibility index (Phi) is 5.29. The Balaban J connectivity index is 2.23. The number of nitrogens with one attached hydrogen (secondary N) is 1. The van der Waals surface area contributed by atoms with Crippen LogP contribution in [0.15, 0.2) is 6.07 Å². The van der Waals surface area contributed by atoms with E-state index in [0.29, 0.717) is 0 Å². The molecule has 1 rings (SSSR count). The van der Waals surface area contributed by atoms with E-state index < -0.39 is 0 Å². The number of hydrogen-bond donors (Lipinski definition) is 2. The Labute approximate surface area is 96.3 Å². The van der Waals surface area contributed by atoms with Crippen LogP contribution in [0.3, 0.4) is 0 Å². The topological polar surface area (TPSA) is 32.3 Å². The summed E-state index contributed by atoms with van der Waals surface area (Å²) in [5, 5.41) is 12.7. The summed E-state index contributed by atoms with van der Waals surface area (Å²) in [4.78, 5) is 2.77. The minimum atomic E-state index is -0.150. The molecule has 3 heteroatoms. The first-order valence-corrected chi connectivity index (χ1v) is 6.39. The number of rotatable bonds is 6. The van der Waals surface area contributed by atoms with Gasteiger partial charge < -0.3 is 10.4 Å². The molecule has 1 atom stereocenters. The quantitative estimate of drug-likeness (QED) is 0.732. The highest BCUT2D eigenvalue weighted by molar-refractivity contribution is 7.12. The lowest BCUT2D eigenvalue weighted by Gasteiger charge is -2.08. The highest BCUT2D eigenvalue weighted by atomic mass is 32.1. The van der Waals surface area contributed by atoms with Gasteiger partial charge in [-0.25, -0.2) is 0 Å². The molecular weight excluding hydrogens is 206 g/mol. The first kappa shape index (κ1) is 12.7. The maximum Gasteiger partial charge on any atom is 0.0549 e. The van der Waals surface area contributed by atoms with Crippen LogP contribution in [0.25, 0.3) is 0 Å². The molecule has 0 amide bonds. The fourth-order valence-electron chi connectivity index (χ4n) is 1.55. The zero-order valence-electron chi connectivity index (χ0n) is 9.84. The largest absolute Gasteiger partial charge is 0.393 e. The molecule has 0 bridgehead atoms. The lowest BCUT2D eigenvalue weighted by atomic mass is 10.2. The molecule has 2 N–H and O–H groups in total. The van der Waals surface area contributed by atoms with Crippen LogP contribution in [-0.2, 0) is 6.54 Å². The SMILES string of the molecule is CCC(O)CCNCc1cc(C)sc1C. The van der Waals surface area contributed by atoms with Crippen molar-refractivity contribution < 1.29 is 5.11 Å². The molecule has 0 aliphatic carbocycles. The summed E-state index contributed by atoms with van der Waals surface area (Å²) in [5.74, 6) is 0. The Morgan fingerprint density at radius 3 is 2.73 bits per heavy atom. The van der Waals surface area contributed by atoms with E-state index in [0.717, 1.165) is 25.9 Å². The molecule has 2 nitrogen and oxygen atoms in total. The van der Waals surface area contributed by atoms with Gasteiger partial charge in [0, 0.05) is 16.3 Å². The molecule has 1 unspecified atom stereocenters. The summed E-state index contributed by atoms with van der Waals surface area (Å²) >= 11 is 1.85. The normalized spacial score (nSPS) is 13.1. The van der Waals surface area contributed by atoms with Crippen molar-refractivity contribution in [2.24, 2.45) is 0 Å². The third-order valence-electron chi connectivity index (χ3n) is 2.58. The van der Waals surface area contributed by atoms with Gasteiger partial charge >= 0.3 is 0 Å². The summed E-state index contributed by atoms with van der Waals surface area (Å²) in [7, 11) is 0. The van der Waals surface area contributed by atoms with Gasteiger partial charge in [-0.3, -0.25) is 0 Å². The van der Waals surface area contributed by atoms with E-state index in [1.165, 1.54) is 15.3 Å². The standard InChI is InChI=1S/C12H21NOS/c1-4-12(14)5-6-13-8-11-7-9(2)15-10(11)3/h7,12-14H,4-6,8H2,1-3H3. The maximum absolute atomic E-state index is 9.38. The molecule has 0 radical (unpaired) electrons. The second kappa shape index (κ2) is 6.26. The van der Waals surface area contributed by atoms with Crippen LogP contribution < -0.4 is 5.32 Å². The smallest absolute Gasteiger partial charge is 0.0549 e. The van der Waals surface area contributed by atoms with E-state index in [2.05, 4.69) is 25.2 Å². The van der Waals surface area contributed by atoms with E-state index in [1.807, 2.05) is 18.3 Å². The number of thiophene rings is 1. The van der Waals surface area contributed by atoms with Crippen molar-refractivity contribution in [3.63, 3.8) is 0 Å². The van der Waals surface area contributed by atoms with Crippen LogP contribution in [-0.4, -0.2) is 17.8 Å². The van der Waals surface area contributed by atoms with Gasteiger partial charge in [0.2, 0.25) is 0 Å². The number of aliphatic hydroxyl groups excluding tert-OH is 1. The van der Waals surface area contributed by atoms with E-state index in [9.17, 15) is 5.11 Å². The molecule has 0 aliphatic rings. The van der Waals surface area contributed by atoms with Crippen molar-refractivity contribution in [3.05, 3.63) is 21.4 Å². The van der Waals surface area contributed by atoms with Crippen molar-refractivity contribution in [2.45, 2.75) is 46.3 Å². The van der Waals surface area contributed by atoms with Crippen molar-refractivity contribution in [1.82, 2.24) is 5.32 Å². The lowest BCUT2D eigenvalue weighted by Crippen LogP contribution is -2.19. The Morgan fingerprint density at radius 2 is 2.20 bits per heavy atom. The van der Waals surface area contributed by atoms with Crippen molar-refractivity contribution >= 4 is 11.3 Å². The Bertz CT molecular complexity index is 296. The summed E-state index contributed by atoms with van der Waals surface area (Å²) in [6, 6.07) is 2.24. The first-order chi connectivity index (χ1) is 7.13. The molecule has 0 aliphatic heterocycles. The minimum absolute atomic E-state index is 0.150. The molecule has 0 saturated heterocycles. The highest BCUT2D eigenvalue weighted by Crippen LogP contribution is 2.20. The maximum atomic E-state index is 9.38. The van der Waals surface area contributed by atoms with Crippen LogP contribution >= 0.6 is 11.3 Å². The van der Waals surface area contributed by atoms with Crippen LogP contribution in [0.1, 0.15) is 35.1 Å². The van der Waals surface area contributed by atoms with Crippen molar-refractivity contribution in [3.8, 4) is 0 Å². The number of hydrogen-bond acceptors (Lipinski definition) is 3. The molecule has 1 aromatic rings. The average Bonchev–Trinajstić information content (AvgIpc) is 2.52. The number of aliphatic hydroxyl groups is 1. The van der Waals surface area contributed by atoms with E-state index >= 15 is 0 Å². The van der Waals surface area contributed by atoms with Crippen LogP contribution in [0.2, 0.25) is 0 Å². The summed E-state index contributed by atoms with van der Waals surface area (Å²) in [5.41, 5.74) is 1.39. The van der Waals surface area contributed by atoms with Gasteiger partial charge in [-0.15, -0.1) is 11.3 Å². The molecule has 0 fully saturated rings. The highest BCUT2D eigenvalue weighted by Gasteiger charge is 2.03. The Hall–Kier alpha value is -0.380. The van der Waals surface area contributed by atoms with Crippen molar-refractivity contribution in [1.29, 1.82) is 0 Å². The summed E-state index contributed by atoms with van der Waals surface area (Å²) < 4.78 is 0. The molecule has 86 valence electrons. The predicted octanol–water partition coefficient (Wildman–Crippen LogP) is 2.62. The van der Waals surface area contributed by atoms with E-state index in [4.69, 9.17) is 0 Å². The van der Waals surface area contributed by atoms with Gasteiger partial charge in [-0.05, 0) is 44.9 Å². The van der Waals surface area contributed by atoms with Gasteiger partial charge in [-0.2, -0.15) is 0 Å². The van der Waals surface area contributed by atoms with E-state index in [1.54, 1.807) is 0 Å². The molecule has 0 spiro atoms. The molecule has 0 saturated carbocycles. The van der Waals surface area contributed by atoms with E-state index in [-0.39, 0.29) is 6.10 Å². The first-order valence-electron chi connectivity index (χ1n) is 5.58. The third kappa shape index (κ3) is 4.33. The molecule has 0 aromatic carbocycles. The lowest BCUT2D eigenvalue weighted by molar-refractivity contribution is 0.159. The zero-order chi connectivity index (χ0) is 11.3. The number of aryl methyl sites for hydroxylation is 2. The Morgan fingerprint density at radius 1 is 1.47 bits per heavy atom. The second-order valence-corrected chi connectivity index (χ2v) is 5.43. The molecule has 15 heavy (non-hydrogen) atoms. The van der Waals surface area contributed by atoms with Gasteiger partial charge in [0.1, 0.15) is 0 Å². The van der Waals surface area contributed by atoms with Gasteiger partial charge in [0.15, 0.2) is 0 Å². The van der Waals surface area contributed by atoms with Gasteiger partial charge in [0.05, 0.1) is 6.10 Å². The zero-order valence-corrected chi connectivity index (χ0v) is 10.7. The summed E-state index contributed by atoms with van der Waals surface area (Å²) in [6.07, 6.45) is 1.54. The van der Waals surface area contributed by atoms with Crippen LogP contribution in [0.4, 0.5) is 0 Å². The van der Waals surface area contributed by atoms with Crippen LogP contribution in [0.5, 0.6) is 0 Å². The fraction of sp³-hybridized carbons (Fsp3) is 0.667. The summed E-state index contributed by atoms with van der Waals surface area (Å²) in [6.45, 7) is 8.13.